The molecule has 0 spiro atoms. The Morgan fingerprint density at radius 2 is 1.76 bits per heavy atom. The summed E-state index contributed by atoms with van der Waals surface area (Å²) in [6, 6.07) is 15.5. The van der Waals surface area contributed by atoms with Crippen LogP contribution in [0.25, 0.3) is 6.08 Å². The van der Waals surface area contributed by atoms with Crippen LogP contribution in [0.4, 0.5) is 0 Å². The summed E-state index contributed by atoms with van der Waals surface area (Å²) in [4.78, 5) is -0.122. The molecule has 0 saturated carbocycles. The van der Waals surface area contributed by atoms with Gasteiger partial charge in [0.05, 0.1) is 4.90 Å². The van der Waals surface area contributed by atoms with Crippen molar-refractivity contribution < 1.29 is 8.42 Å². The average molecular weight is 297 g/mol. The maximum atomic E-state index is 12.5. The molecule has 0 atom stereocenters. The second-order valence-electron chi connectivity index (χ2n) is 4.80. The number of nitrogens with zero attached hydrogens (tertiary/aromatic N) is 1. The molecule has 0 fully saturated rings. The monoisotopic (exact) mass is 297 g/mol. The van der Waals surface area contributed by atoms with Gasteiger partial charge < -0.3 is 0 Å². The fourth-order valence-corrected chi connectivity index (χ4v) is 3.20. The number of hydrogen-bond donors (Lipinski definition) is 0. The Bertz CT molecular complexity index is 829. The van der Waals surface area contributed by atoms with Gasteiger partial charge in [0.1, 0.15) is 11.0 Å². The Hall–Kier alpha value is -2.38. The first-order chi connectivity index (χ1) is 9.95. The second-order valence-corrected chi connectivity index (χ2v) is 6.72. The van der Waals surface area contributed by atoms with Crippen molar-refractivity contribution in [2.24, 2.45) is 0 Å². The van der Waals surface area contributed by atoms with Crippen LogP contribution in [0.3, 0.4) is 0 Å². The van der Waals surface area contributed by atoms with Gasteiger partial charge in [-0.15, -0.1) is 0 Å². The molecule has 4 heteroatoms. The molecule has 2 rings (SSSR count). The van der Waals surface area contributed by atoms with Gasteiger partial charge in [-0.2, -0.15) is 5.26 Å². The zero-order valence-electron chi connectivity index (χ0n) is 11.9. The van der Waals surface area contributed by atoms with Gasteiger partial charge in [-0.25, -0.2) is 8.42 Å². The highest BCUT2D eigenvalue weighted by Crippen LogP contribution is 2.22. The summed E-state index contributed by atoms with van der Waals surface area (Å²) in [6.07, 6.45) is 1.43. The van der Waals surface area contributed by atoms with Crippen LogP contribution in [0.5, 0.6) is 0 Å². The summed E-state index contributed by atoms with van der Waals surface area (Å²) in [5, 5.41) is 9.23. The zero-order chi connectivity index (χ0) is 15.5. The molecule has 21 heavy (non-hydrogen) atoms. The van der Waals surface area contributed by atoms with Crippen LogP contribution in [-0.2, 0) is 9.84 Å². The quantitative estimate of drug-likeness (QED) is 0.813. The molecule has 0 aliphatic rings. The Balaban J connectivity index is 2.54. The minimum atomic E-state index is -3.78. The second kappa shape index (κ2) is 5.94. The van der Waals surface area contributed by atoms with Crippen LogP contribution in [0.2, 0.25) is 0 Å². The van der Waals surface area contributed by atoms with Gasteiger partial charge in [0.2, 0.25) is 9.84 Å². The highest BCUT2D eigenvalue weighted by Gasteiger charge is 2.20. The number of benzene rings is 2. The van der Waals surface area contributed by atoms with Crippen molar-refractivity contribution in [2.75, 3.05) is 0 Å². The molecule has 0 aliphatic carbocycles. The number of rotatable bonds is 3. The molecule has 0 aromatic heterocycles. The van der Waals surface area contributed by atoms with Crippen LogP contribution in [0.15, 0.2) is 58.3 Å². The molecule has 2 aromatic carbocycles. The number of aryl methyl sites for hydroxylation is 2. The lowest BCUT2D eigenvalue weighted by Gasteiger charge is -2.05. The van der Waals surface area contributed by atoms with Gasteiger partial charge >= 0.3 is 0 Å². The Morgan fingerprint density at radius 1 is 1.10 bits per heavy atom. The molecule has 0 unspecified atom stereocenters. The molecular weight excluding hydrogens is 282 g/mol. The molecule has 0 amide bonds. The van der Waals surface area contributed by atoms with Gasteiger partial charge in [-0.05, 0) is 43.2 Å². The molecule has 0 saturated heterocycles. The minimum absolute atomic E-state index is 0.127. The summed E-state index contributed by atoms with van der Waals surface area (Å²) in [7, 11) is -3.78. The van der Waals surface area contributed by atoms with E-state index in [1.165, 1.54) is 18.2 Å². The topological polar surface area (TPSA) is 57.9 Å². The molecule has 0 bridgehead atoms. The maximum Gasteiger partial charge on any atom is 0.216 e. The summed E-state index contributed by atoms with van der Waals surface area (Å²) in [6.45, 7) is 3.86. The van der Waals surface area contributed by atoms with Crippen molar-refractivity contribution in [3.63, 3.8) is 0 Å². The third-order valence-electron chi connectivity index (χ3n) is 3.17. The normalized spacial score (nSPS) is 12.0. The van der Waals surface area contributed by atoms with Crippen LogP contribution in [0.1, 0.15) is 16.7 Å². The van der Waals surface area contributed by atoms with E-state index in [1.54, 1.807) is 24.3 Å². The number of nitriles is 1. The van der Waals surface area contributed by atoms with Gasteiger partial charge in [0, 0.05) is 0 Å². The standard InChI is InChI=1S/C17H15NO2S/c1-13-8-9-15(14(2)10-13)11-17(12-18)21(19,20)16-6-4-3-5-7-16/h3-11H,1-2H3. The van der Waals surface area contributed by atoms with Crippen LogP contribution in [0, 0.1) is 25.2 Å². The van der Waals surface area contributed by atoms with Gasteiger partial charge in [-0.1, -0.05) is 42.0 Å². The molecule has 0 heterocycles. The molecule has 0 radical (unpaired) electrons. The Labute approximate surface area is 125 Å². The van der Waals surface area contributed by atoms with Crippen molar-refractivity contribution in [3.8, 4) is 6.07 Å². The third-order valence-corrected chi connectivity index (χ3v) is 4.85. The fourth-order valence-electron chi connectivity index (χ4n) is 2.03. The van der Waals surface area contributed by atoms with Crippen molar-refractivity contribution in [2.45, 2.75) is 18.7 Å². The number of sulfone groups is 1. The first-order valence-corrected chi connectivity index (χ1v) is 7.92. The van der Waals surface area contributed by atoms with Gasteiger partial charge in [-0.3, -0.25) is 0 Å². The highest BCUT2D eigenvalue weighted by atomic mass is 32.2. The van der Waals surface area contributed by atoms with E-state index < -0.39 is 9.84 Å². The van der Waals surface area contributed by atoms with E-state index in [1.807, 2.05) is 32.0 Å². The Morgan fingerprint density at radius 3 is 2.33 bits per heavy atom. The summed E-state index contributed by atoms with van der Waals surface area (Å²) >= 11 is 0. The highest BCUT2D eigenvalue weighted by molar-refractivity contribution is 7.95. The van der Waals surface area contributed by atoms with E-state index in [0.29, 0.717) is 0 Å². The molecule has 0 aliphatic heterocycles. The average Bonchev–Trinajstić information content (AvgIpc) is 2.47. The summed E-state index contributed by atoms with van der Waals surface area (Å²) in [5.41, 5.74) is 2.76. The maximum absolute atomic E-state index is 12.5. The molecule has 106 valence electrons. The van der Waals surface area contributed by atoms with E-state index in [4.69, 9.17) is 0 Å². The number of hydrogen-bond acceptors (Lipinski definition) is 3. The van der Waals surface area contributed by atoms with Crippen molar-refractivity contribution in [3.05, 3.63) is 70.1 Å². The van der Waals surface area contributed by atoms with E-state index in [0.717, 1.165) is 16.7 Å². The van der Waals surface area contributed by atoms with Crippen molar-refractivity contribution >= 4 is 15.9 Å². The molecule has 2 aromatic rings. The van der Waals surface area contributed by atoms with Crippen molar-refractivity contribution in [1.29, 1.82) is 5.26 Å². The minimum Gasteiger partial charge on any atom is -0.218 e. The lowest BCUT2D eigenvalue weighted by Crippen LogP contribution is -2.03. The van der Waals surface area contributed by atoms with Crippen molar-refractivity contribution in [1.82, 2.24) is 0 Å². The lowest BCUT2D eigenvalue weighted by atomic mass is 10.1. The van der Waals surface area contributed by atoms with Crippen LogP contribution < -0.4 is 0 Å². The summed E-state index contributed by atoms with van der Waals surface area (Å²) in [5.74, 6) is 0. The lowest BCUT2D eigenvalue weighted by molar-refractivity contribution is 0.603. The predicted octanol–water partition coefficient (Wildman–Crippen LogP) is 3.64. The fraction of sp³-hybridized carbons (Fsp3) is 0.118. The predicted molar refractivity (Wildman–Crippen MR) is 83.1 cm³/mol. The van der Waals surface area contributed by atoms with E-state index in [2.05, 4.69) is 0 Å². The van der Waals surface area contributed by atoms with Gasteiger partial charge in [0.15, 0.2) is 0 Å². The largest absolute Gasteiger partial charge is 0.218 e. The van der Waals surface area contributed by atoms with E-state index in [-0.39, 0.29) is 9.80 Å². The summed E-state index contributed by atoms with van der Waals surface area (Å²) < 4.78 is 24.9. The third kappa shape index (κ3) is 3.21. The SMILES string of the molecule is Cc1ccc(C=C(C#N)S(=O)(=O)c2ccccc2)c(C)c1. The van der Waals surface area contributed by atoms with Gasteiger partial charge in [0.25, 0.3) is 0 Å². The smallest absolute Gasteiger partial charge is 0.216 e. The van der Waals surface area contributed by atoms with E-state index >= 15 is 0 Å². The first kappa shape index (κ1) is 15.0. The number of allylic oxidation sites excluding steroid dienone is 1. The molecule has 0 N–H and O–H groups in total. The van der Waals surface area contributed by atoms with Crippen LogP contribution in [-0.4, -0.2) is 8.42 Å². The van der Waals surface area contributed by atoms with Crippen LogP contribution >= 0.6 is 0 Å². The first-order valence-electron chi connectivity index (χ1n) is 6.44. The zero-order valence-corrected chi connectivity index (χ0v) is 12.7. The van der Waals surface area contributed by atoms with E-state index in [9.17, 15) is 13.7 Å². The molecule has 3 nitrogen and oxygen atoms in total. The Kier molecular flexibility index (Phi) is 4.25. The molecular formula is C17H15NO2S.